The highest BCUT2D eigenvalue weighted by molar-refractivity contribution is 7.99. The molecule has 1 aromatic heterocycles. The first kappa shape index (κ1) is 18.1. The lowest BCUT2D eigenvalue weighted by Gasteiger charge is -2.06. The minimum absolute atomic E-state index is 0.173. The molecule has 26 heavy (non-hydrogen) atoms. The van der Waals surface area contributed by atoms with Gasteiger partial charge in [0.15, 0.2) is 5.16 Å². The number of rotatable bonds is 6. The maximum atomic E-state index is 13.5. The van der Waals surface area contributed by atoms with Crippen LogP contribution in [0, 0.1) is 12.7 Å². The first-order valence-corrected chi connectivity index (χ1v) is 9.12. The van der Waals surface area contributed by atoms with Gasteiger partial charge >= 0.3 is 0 Å². The van der Waals surface area contributed by atoms with Crippen LogP contribution in [0.1, 0.15) is 17.0 Å². The van der Waals surface area contributed by atoms with Crippen LogP contribution in [0.4, 0.5) is 10.1 Å². The van der Waals surface area contributed by atoms with E-state index in [9.17, 15) is 9.18 Å². The van der Waals surface area contributed by atoms with Crippen molar-refractivity contribution < 1.29 is 9.18 Å². The third-order valence-corrected chi connectivity index (χ3v) is 4.94. The molecular formula is C19H19FN4OS. The van der Waals surface area contributed by atoms with Crippen LogP contribution in [0.5, 0.6) is 0 Å². The molecule has 2 aromatic carbocycles. The summed E-state index contributed by atoms with van der Waals surface area (Å²) in [4.78, 5) is 12.1. The van der Waals surface area contributed by atoms with E-state index in [0.717, 1.165) is 11.4 Å². The van der Waals surface area contributed by atoms with Crippen LogP contribution in [-0.4, -0.2) is 26.4 Å². The van der Waals surface area contributed by atoms with E-state index in [0.29, 0.717) is 22.8 Å². The molecule has 0 spiro atoms. The Bertz CT molecular complexity index is 911. The fourth-order valence-electron chi connectivity index (χ4n) is 2.40. The van der Waals surface area contributed by atoms with Gasteiger partial charge in [-0.1, -0.05) is 48.2 Å². The zero-order chi connectivity index (χ0) is 18.5. The number of carbonyl (C=O) groups is 1. The molecule has 0 atom stereocenters. The van der Waals surface area contributed by atoms with E-state index in [4.69, 9.17) is 0 Å². The lowest BCUT2D eigenvalue weighted by molar-refractivity contribution is -0.113. The van der Waals surface area contributed by atoms with Crippen LogP contribution in [0.2, 0.25) is 0 Å². The molecule has 0 unspecified atom stereocenters. The summed E-state index contributed by atoms with van der Waals surface area (Å²) in [6, 6.07) is 14.7. The highest BCUT2D eigenvalue weighted by atomic mass is 32.2. The SMILES string of the molecule is Cc1ccc(NC(=O)CSc2nnc(Cc3ccccc3)n2C)cc1F. The predicted octanol–water partition coefficient (Wildman–Crippen LogP) is 3.58. The standard InChI is InChI=1S/C19H19FN4OS/c1-13-8-9-15(11-16(13)20)21-18(25)12-26-19-23-22-17(24(19)2)10-14-6-4-3-5-7-14/h3-9,11H,10,12H2,1-2H3,(H,21,25). The molecule has 3 rings (SSSR count). The molecule has 1 amide bonds. The summed E-state index contributed by atoms with van der Waals surface area (Å²) >= 11 is 1.30. The second-order valence-electron chi connectivity index (χ2n) is 5.92. The van der Waals surface area contributed by atoms with E-state index in [1.807, 2.05) is 41.9 Å². The molecule has 0 radical (unpaired) electrons. The van der Waals surface area contributed by atoms with Crippen LogP contribution < -0.4 is 5.32 Å². The smallest absolute Gasteiger partial charge is 0.234 e. The highest BCUT2D eigenvalue weighted by Gasteiger charge is 2.12. The van der Waals surface area contributed by atoms with Gasteiger partial charge in [-0.3, -0.25) is 4.79 Å². The summed E-state index contributed by atoms with van der Waals surface area (Å²) < 4.78 is 15.4. The predicted molar refractivity (Wildman–Crippen MR) is 101 cm³/mol. The number of amides is 1. The molecule has 0 saturated heterocycles. The number of aromatic nitrogens is 3. The molecule has 0 aliphatic rings. The highest BCUT2D eigenvalue weighted by Crippen LogP contribution is 2.19. The number of anilines is 1. The number of benzene rings is 2. The molecule has 0 saturated carbocycles. The monoisotopic (exact) mass is 370 g/mol. The number of carbonyl (C=O) groups excluding carboxylic acids is 1. The molecule has 0 fully saturated rings. The van der Waals surface area contributed by atoms with Gasteiger partial charge in [-0.15, -0.1) is 10.2 Å². The number of thioether (sulfide) groups is 1. The Labute approximate surface area is 155 Å². The Balaban J connectivity index is 1.57. The maximum absolute atomic E-state index is 13.5. The second kappa shape index (κ2) is 8.14. The van der Waals surface area contributed by atoms with E-state index in [1.54, 1.807) is 19.1 Å². The van der Waals surface area contributed by atoms with Crippen molar-refractivity contribution in [1.82, 2.24) is 14.8 Å². The molecule has 3 aromatic rings. The number of nitrogens with one attached hydrogen (secondary N) is 1. The summed E-state index contributed by atoms with van der Waals surface area (Å²) in [6.45, 7) is 1.68. The Morgan fingerprint density at radius 1 is 1.19 bits per heavy atom. The van der Waals surface area contributed by atoms with Crippen LogP contribution in [0.3, 0.4) is 0 Å². The van der Waals surface area contributed by atoms with E-state index in [2.05, 4.69) is 15.5 Å². The van der Waals surface area contributed by atoms with Crippen molar-refractivity contribution in [2.24, 2.45) is 7.05 Å². The number of nitrogens with zero attached hydrogens (tertiary/aromatic N) is 3. The normalized spacial score (nSPS) is 10.7. The van der Waals surface area contributed by atoms with Gasteiger partial charge in [-0.05, 0) is 30.2 Å². The summed E-state index contributed by atoms with van der Waals surface area (Å²) in [7, 11) is 1.88. The Morgan fingerprint density at radius 3 is 2.69 bits per heavy atom. The first-order valence-electron chi connectivity index (χ1n) is 8.14. The minimum atomic E-state index is -0.339. The summed E-state index contributed by atoms with van der Waals surface area (Å²) in [5.41, 5.74) is 2.14. The van der Waals surface area contributed by atoms with Crippen molar-refractivity contribution in [2.75, 3.05) is 11.1 Å². The number of hydrogen-bond acceptors (Lipinski definition) is 4. The van der Waals surface area contributed by atoms with Gasteiger partial charge in [0.25, 0.3) is 0 Å². The third kappa shape index (κ3) is 4.49. The summed E-state index contributed by atoms with van der Waals surface area (Å²) in [6.07, 6.45) is 0.680. The Hall–Kier alpha value is -2.67. The molecule has 1 N–H and O–H groups in total. The zero-order valence-corrected chi connectivity index (χ0v) is 15.4. The second-order valence-corrected chi connectivity index (χ2v) is 6.86. The fourth-order valence-corrected chi connectivity index (χ4v) is 3.13. The molecule has 0 aliphatic carbocycles. The van der Waals surface area contributed by atoms with E-state index in [1.165, 1.54) is 17.8 Å². The topological polar surface area (TPSA) is 59.8 Å². The van der Waals surface area contributed by atoms with Gasteiger partial charge in [0.2, 0.25) is 5.91 Å². The van der Waals surface area contributed by atoms with Crippen LogP contribution in [0.25, 0.3) is 0 Å². The molecule has 1 heterocycles. The summed E-state index contributed by atoms with van der Waals surface area (Å²) in [5.74, 6) is 0.451. The lowest BCUT2D eigenvalue weighted by atomic mass is 10.1. The number of aryl methyl sites for hydroxylation is 1. The van der Waals surface area contributed by atoms with Gasteiger partial charge in [-0.2, -0.15) is 0 Å². The largest absolute Gasteiger partial charge is 0.325 e. The van der Waals surface area contributed by atoms with Crippen molar-refractivity contribution in [3.8, 4) is 0 Å². The van der Waals surface area contributed by atoms with Crippen LogP contribution in [-0.2, 0) is 18.3 Å². The van der Waals surface area contributed by atoms with Crippen molar-refractivity contribution in [3.05, 3.63) is 71.3 Å². The molecule has 0 bridgehead atoms. The van der Waals surface area contributed by atoms with E-state index >= 15 is 0 Å². The van der Waals surface area contributed by atoms with E-state index in [-0.39, 0.29) is 17.5 Å². The van der Waals surface area contributed by atoms with Gasteiger partial charge < -0.3 is 9.88 Å². The zero-order valence-electron chi connectivity index (χ0n) is 14.6. The molecule has 0 aliphatic heterocycles. The number of halogens is 1. The lowest BCUT2D eigenvalue weighted by Crippen LogP contribution is -2.14. The Kier molecular flexibility index (Phi) is 5.68. The Morgan fingerprint density at radius 2 is 1.96 bits per heavy atom. The van der Waals surface area contributed by atoms with Gasteiger partial charge in [0.05, 0.1) is 5.75 Å². The van der Waals surface area contributed by atoms with Crippen LogP contribution >= 0.6 is 11.8 Å². The van der Waals surface area contributed by atoms with Crippen molar-refractivity contribution in [2.45, 2.75) is 18.5 Å². The van der Waals surface area contributed by atoms with Gasteiger partial charge in [0, 0.05) is 19.2 Å². The van der Waals surface area contributed by atoms with Crippen molar-refractivity contribution >= 4 is 23.4 Å². The minimum Gasteiger partial charge on any atom is -0.325 e. The van der Waals surface area contributed by atoms with E-state index < -0.39 is 0 Å². The molecule has 5 nitrogen and oxygen atoms in total. The third-order valence-electron chi connectivity index (χ3n) is 3.92. The van der Waals surface area contributed by atoms with Crippen molar-refractivity contribution in [3.63, 3.8) is 0 Å². The maximum Gasteiger partial charge on any atom is 0.234 e. The average Bonchev–Trinajstić information content (AvgIpc) is 2.97. The average molecular weight is 370 g/mol. The molecule has 134 valence electrons. The molecular weight excluding hydrogens is 351 g/mol. The summed E-state index contributed by atoms with van der Waals surface area (Å²) in [5, 5.41) is 11.7. The number of hydrogen-bond donors (Lipinski definition) is 1. The van der Waals surface area contributed by atoms with Crippen molar-refractivity contribution in [1.29, 1.82) is 0 Å². The fraction of sp³-hybridized carbons (Fsp3) is 0.211. The van der Waals surface area contributed by atoms with Gasteiger partial charge in [-0.25, -0.2) is 4.39 Å². The quantitative estimate of drug-likeness (QED) is 0.674. The molecule has 7 heteroatoms. The first-order chi connectivity index (χ1) is 12.5. The van der Waals surface area contributed by atoms with Gasteiger partial charge in [0.1, 0.15) is 11.6 Å². The van der Waals surface area contributed by atoms with Crippen LogP contribution in [0.15, 0.2) is 53.7 Å².